The third-order valence-electron chi connectivity index (χ3n) is 2.93. The van der Waals surface area contributed by atoms with Gasteiger partial charge in [-0.2, -0.15) is 0 Å². The summed E-state index contributed by atoms with van der Waals surface area (Å²) < 4.78 is 7.04. The molecule has 1 atom stereocenters. The molecule has 21 heavy (non-hydrogen) atoms. The Bertz CT molecular complexity index is 642. The number of hydrogen-bond acceptors (Lipinski definition) is 5. The summed E-state index contributed by atoms with van der Waals surface area (Å²) in [5.41, 5.74) is 1.73. The molecule has 0 spiro atoms. The van der Waals surface area contributed by atoms with Crippen LogP contribution in [-0.2, 0) is 11.8 Å². The SMILES string of the molecule is COc1ccc(C)cc1NC(=O)[C@@H](C)Sc1nncn1C. The van der Waals surface area contributed by atoms with Gasteiger partial charge in [-0.15, -0.1) is 10.2 Å². The highest BCUT2D eigenvalue weighted by Gasteiger charge is 2.18. The number of nitrogens with one attached hydrogen (secondary N) is 1. The number of anilines is 1. The van der Waals surface area contributed by atoms with E-state index in [1.807, 2.05) is 39.1 Å². The first kappa shape index (κ1) is 15.4. The minimum absolute atomic E-state index is 0.105. The molecule has 1 aromatic heterocycles. The molecular formula is C14H18N4O2S. The van der Waals surface area contributed by atoms with Crippen LogP contribution in [0.15, 0.2) is 29.7 Å². The quantitative estimate of drug-likeness (QED) is 0.858. The first-order valence-corrected chi connectivity index (χ1v) is 7.35. The summed E-state index contributed by atoms with van der Waals surface area (Å²) in [6.45, 7) is 3.80. The van der Waals surface area contributed by atoms with Crippen molar-refractivity contribution in [3.63, 3.8) is 0 Å². The van der Waals surface area contributed by atoms with Gasteiger partial charge in [0.05, 0.1) is 18.0 Å². The molecule has 0 aliphatic rings. The van der Waals surface area contributed by atoms with Gasteiger partial charge < -0.3 is 14.6 Å². The maximum Gasteiger partial charge on any atom is 0.237 e. The number of carbonyl (C=O) groups is 1. The summed E-state index contributed by atoms with van der Waals surface area (Å²) in [7, 11) is 3.43. The minimum atomic E-state index is -0.293. The standard InChI is InChI=1S/C14H18N4O2S/c1-9-5-6-12(20-4)11(7-9)16-13(19)10(2)21-14-17-15-8-18(14)3/h5-8,10H,1-4H3,(H,16,19)/t10-/m1/s1. The molecule has 1 heterocycles. The predicted molar refractivity (Wildman–Crippen MR) is 82.7 cm³/mol. The number of rotatable bonds is 5. The number of thioether (sulfide) groups is 1. The smallest absolute Gasteiger partial charge is 0.237 e. The van der Waals surface area contributed by atoms with Crippen LogP contribution in [0.1, 0.15) is 12.5 Å². The van der Waals surface area contributed by atoms with E-state index in [0.29, 0.717) is 16.6 Å². The monoisotopic (exact) mass is 306 g/mol. The summed E-state index contributed by atoms with van der Waals surface area (Å²) in [5, 5.41) is 11.1. The van der Waals surface area contributed by atoms with Gasteiger partial charge in [0.2, 0.25) is 5.91 Å². The van der Waals surface area contributed by atoms with Gasteiger partial charge in [0.15, 0.2) is 5.16 Å². The van der Waals surface area contributed by atoms with E-state index < -0.39 is 0 Å². The van der Waals surface area contributed by atoms with Crippen LogP contribution in [0, 0.1) is 6.92 Å². The maximum atomic E-state index is 12.3. The molecule has 0 aliphatic heterocycles. The van der Waals surface area contributed by atoms with Crippen LogP contribution in [0.4, 0.5) is 5.69 Å². The minimum Gasteiger partial charge on any atom is -0.495 e. The van der Waals surface area contributed by atoms with E-state index in [1.165, 1.54) is 11.8 Å². The molecule has 0 saturated heterocycles. The van der Waals surface area contributed by atoms with E-state index in [1.54, 1.807) is 18.0 Å². The number of carbonyl (C=O) groups excluding carboxylic acids is 1. The van der Waals surface area contributed by atoms with Crippen molar-refractivity contribution in [2.75, 3.05) is 12.4 Å². The molecule has 1 amide bonds. The van der Waals surface area contributed by atoms with Gasteiger partial charge in [0.1, 0.15) is 12.1 Å². The van der Waals surface area contributed by atoms with E-state index in [4.69, 9.17) is 4.74 Å². The Hall–Kier alpha value is -2.02. The van der Waals surface area contributed by atoms with Gasteiger partial charge in [-0.25, -0.2) is 0 Å². The summed E-state index contributed by atoms with van der Waals surface area (Å²) >= 11 is 1.36. The molecule has 2 rings (SSSR count). The van der Waals surface area contributed by atoms with Crippen molar-refractivity contribution in [1.29, 1.82) is 0 Å². The zero-order valence-corrected chi connectivity index (χ0v) is 13.3. The number of nitrogens with zero attached hydrogens (tertiary/aromatic N) is 3. The fourth-order valence-electron chi connectivity index (χ4n) is 1.74. The van der Waals surface area contributed by atoms with Crippen molar-refractivity contribution in [3.8, 4) is 5.75 Å². The van der Waals surface area contributed by atoms with Crippen LogP contribution in [0.5, 0.6) is 5.75 Å². The molecule has 0 saturated carbocycles. The molecule has 112 valence electrons. The summed E-state index contributed by atoms with van der Waals surface area (Å²) in [5.74, 6) is 0.539. The lowest BCUT2D eigenvalue weighted by Crippen LogP contribution is -2.23. The molecule has 0 unspecified atom stereocenters. The topological polar surface area (TPSA) is 69.0 Å². The molecule has 2 aromatic rings. The normalized spacial score (nSPS) is 12.0. The average Bonchev–Trinajstić information content (AvgIpc) is 2.84. The van der Waals surface area contributed by atoms with Gasteiger partial charge in [0.25, 0.3) is 0 Å². The summed E-state index contributed by atoms with van der Waals surface area (Å²) in [4.78, 5) is 12.3. The lowest BCUT2D eigenvalue weighted by molar-refractivity contribution is -0.115. The Morgan fingerprint density at radius 3 is 2.86 bits per heavy atom. The molecule has 1 aromatic carbocycles. The van der Waals surface area contributed by atoms with Crippen molar-refractivity contribution < 1.29 is 9.53 Å². The zero-order chi connectivity index (χ0) is 15.4. The average molecular weight is 306 g/mol. The van der Waals surface area contributed by atoms with Crippen LogP contribution in [0.2, 0.25) is 0 Å². The fraction of sp³-hybridized carbons (Fsp3) is 0.357. The predicted octanol–water partition coefficient (Wildman–Crippen LogP) is 2.25. The summed E-state index contributed by atoms with van der Waals surface area (Å²) in [6.07, 6.45) is 1.61. The number of hydrogen-bond donors (Lipinski definition) is 1. The Kier molecular flexibility index (Phi) is 4.85. The Balaban J connectivity index is 2.07. The largest absolute Gasteiger partial charge is 0.495 e. The highest BCUT2D eigenvalue weighted by molar-refractivity contribution is 8.00. The number of aromatic nitrogens is 3. The second-order valence-electron chi connectivity index (χ2n) is 4.68. The number of aryl methyl sites for hydroxylation is 2. The molecule has 0 bridgehead atoms. The number of amides is 1. The number of ether oxygens (including phenoxy) is 1. The van der Waals surface area contributed by atoms with Crippen LogP contribution in [0.3, 0.4) is 0 Å². The van der Waals surface area contributed by atoms with Crippen LogP contribution in [0.25, 0.3) is 0 Å². The second kappa shape index (κ2) is 6.62. The van der Waals surface area contributed by atoms with E-state index in [-0.39, 0.29) is 11.2 Å². The Morgan fingerprint density at radius 2 is 2.24 bits per heavy atom. The fourth-order valence-corrected chi connectivity index (χ4v) is 2.53. The maximum absolute atomic E-state index is 12.3. The number of methoxy groups -OCH3 is 1. The molecule has 0 fully saturated rings. The van der Waals surface area contributed by atoms with Gasteiger partial charge in [0, 0.05) is 7.05 Å². The van der Waals surface area contributed by atoms with Crippen LogP contribution in [-0.4, -0.2) is 33.0 Å². The lowest BCUT2D eigenvalue weighted by atomic mass is 10.2. The van der Waals surface area contributed by atoms with Crippen molar-refractivity contribution in [2.45, 2.75) is 24.3 Å². The molecule has 1 N–H and O–H groups in total. The van der Waals surface area contributed by atoms with E-state index in [2.05, 4.69) is 15.5 Å². The number of benzene rings is 1. The highest BCUT2D eigenvalue weighted by atomic mass is 32.2. The molecule has 0 aliphatic carbocycles. The molecule has 0 radical (unpaired) electrons. The van der Waals surface area contributed by atoms with Crippen LogP contribution >= 0.6 is 11.8 Å². The molecule has 6 nitrogen and oxygen atoms in total. The zero-order valence-electron chi connectivity index (χ0n) is 12.5. The van der Waals surface area contributed by atoms with Crippen molar-refractivity contribution in [1.82, 2.24) is 14.8 Å². The second-order valence-corrected chi connectivity index (χ2v) is 5.99. The third-order valence-corrected chi connectivity index (χ3v) is 4.08. The van der Waals surface area contributed by atoms with Gasteiger partial charge >= 0.3 is 0 Å². The Labute approximate surface area is 127 Å². The van der Waals surface area contributed by atoms with E-state index in [0.717, 1.165) is 5.56 Å². The lowest BCUT2D eigenvalue weighted by Gasteiger charge is -2.14. The Morgan fingerprint density at radius 1 is 1.48 bits per heavy atom. The van der Waals surface area contributed by atoms with Crippen molar-refractivity contribution in [3.05, 3.63) is 30.1 Å². The van der Waals surface area contributed by atoms with E-state index in [9.17, 15) is 4.79 Å². The first-order chi connectivity index (χ1) is 10.0. The molecular weight excluding hydrogens is 288 g/mol. The summed E-state index contributed by atoms with van der Waals surface area (Å²) in [6, 6.07) is 5.66. The van der Waals surface area contributed by atoms with Gasteiger partial charge in [-0.05, 0) is 31.5 Å². The van der Waals surface area contributed by atoms with Gasteiger partial charge in [-0.1, -0.05) is 17.8 Å². The third kappa shape index (κ3) is 3.75. The van der Waals surface area contributed by atoms with E-state index >= 15 is 0 Å². The molecule has 7 heteroatoms. The first-order valence-electron chi connectivity index (χ1n) is 6.47. The van der Waals surface area contributed by atoms with Crippen molar-refractivity contribution in [2.24, 2.45) is 7.05 Å². The van der Waals surface area contributed by atoms with Crippen LogP contribution < -0.4 is 10.1 Å². The highest BCUT2D eigenvalue weighted by Crippen LogP contribution is 2.27. The van der Waals surface area contributed by atoms with Gasteiger partial charge in [-0.3, -0.25) is 4.79 Å². The van der Waals surface area contributed by atoms with Crippen molar-refractivity contribution >= 4 is 23.4 Å².